The molecule has 0 bridgehead atoms. The third-order valence-electron chi connectivity index (χ3n) is 2.44. The van der Waals surface area contributed by atoms with E-state index in [1.54, 1.807) is 12.1 Å². The van der Waals surface area contributed by atoms with Crippen LogP contribution in [0.2, 0.25) is 0 Å². The average Bonchev–Trinajstić information content (AvgIpc) is 2.18. The summed E-state index contributed by atoms with van der Waals surface area (Å²) >= 11 is 0. The Balaban J connectivity index is 2.45. The van der Waals surface area contributed by atoms with Crippen LogP contribution in [-0.4, -0.2) is 12.8 Å². The zero-order chi connectivity index (χ0) is 9.97. The standard InChI is InChI=1S/C11H12FNO/c1-14-13-11-4-2-3-8-7-9(12)5-6-10(8)11/h5-7H,2-4H2,1H3. The summed E-state index contributed by atoms with van der Waals surface area (Å²) in [5, 5.41) is 3.95. The van der Waals surface area contributed by atoms with Crippen molar-refractivity contribution in [2.75, 3.05) is 7.11 Å². The number of benzene rings is 1. The molecule has 0 saturated heterocycles. The largest absolute Gasteiger partial charge is 0.399 e. The van der Waals surface area contributed by atoms with Crippen LogP contribution in [0.3, 0.4) is 0 Å². The number of hydrogen-bond acceptors (Lipinski definition) is 2. The van der Waals surface area contributed by atoms with E-state index in [9.17, 15) is 4.39 Å². The van der Waals surface area contributed by atoms with Crippen molar-refractivity contribution in [2.45, 2.75) is 19.3 Å². The Morgan fingerprint density at radius 2 is 2.21 bits per heavy atom. The normalized spacial score (nSPS) is 18.0. The van der Waals surface area contributed by atoms with E-state index >= 15 is 0 Å². The lowest BCUT2D eigenvalue weighted by Crippen LogP contribution is -2.12. The highest BCUT2D eigenvalue weighted by Gasteiger charge is 2.16. The van der Waals surface area contributed by atoms with Gasteiger partial charge >= 0.3 is 0 Å². The molecule has 0 N–H and O–H groups in total. The second kappa shape index (κ2) is 3.78. The topological polar surface area (TPSA) is 21.6 Å². The van der Waals surface area contributed by atoms with Gasteiger partial charge in [0.2, 0.25) is 0 Å². The molecule has 0 unspecified atom stereocenters. The lowest BCUT2D eigenvalue weighted by molar-refractivity contribution is 0.212. The molecule has 0 saturated carbocycles. The molecule has 0 radical (unpaired) electrons. The summed E-state index contributed by atoms with van der Waals surface area (Å²) in [4.78, 5) is 4.76. The fourth-order valence-corrected chi connectivity index (χ4v) is 1.84. The van der Waals surface area contributed by atoms with Crippen molar-refractivity contribution in [1.29, 1.82) is 0 Å². The summed E-state index contributed by atoms with van der Waals surface area (Å²) in [7, 11) is 1.53. The van der Waals surface area contributed by atoms with E-state index in [2.05, 4.69) is 5.16 Å². The highest BCUT2D eigenvalue weighted by Crippen LogP contribution is 2.22. The quantitative estimate of drug-likeness (QED) is 0.628. The molecule has 1 aromatic carbocycles. The Morgan fingerprint density at radius 1 is 1.36 bits per heavy atom. The Kier molecular flexibility index (Phi) is 2.48. The summed E-state index contributed by atoms with van der Waals surface area (Å²) in [5.74, 6) is -0.178. The SMILES string of the molecule is CON=C1CCCc2cc(F)ccc21. The monoisotopic (exact) mass is 193 g/mol. The Morgan fingerprint density at radius 3 is 3.00 bits per heavy atom. The first-order valence-corrected chi connectivity index (χ1v) is 4.70. The molecule has 1 aliphatic carbocycles. The van der Waals surface area contributed by atoms with E-state index in [0.717, 1.165) is 36.1 Å². The first kappa shape index (κ1) is 9.19. The van der Waals surface area contributed by atoms with Gasteiger partial charge in [-0.25, -0.2) is 4.39 Å². The Bertz CT molecular complexity index is 374. The molecule has 74 valence electrons. The van der Waals surface area contributed by atoms with Crippen molar-refractivity contribution >= 4 is 5.71 Å². The third-order valence-corrected chi connectivity index (χ3v) is 2.44. The van der Waals surface area contributed by atoms with Crippen LogP contribution in [0.1, 0.15) is 24.0 Å². The fraction of sp³-hybridized carbons (Fsp3) is 0.364. The van der Waals surface area contributed by atoms with Gasteiger partial charge in [0.15, 0.2) is 0 Å². The summed E-state index contributed by atoms with van der Waals surface area (Å²) in [6, 6.07) is 4.83. The van der Waals surface area contributed by atoms with Gasteiger partial charge in [0.25, 0.3) is 0 Å². The molecule has 2 nitrogen and oxygen atoms in total. The lowest BCUT2D eigenvalue weighted by Gasteiger charge is -2.16. The predicted octanol–water partition coefficient (Wildman–Crippen LogP) is 2.51. The van der Waals surface area contributed by atoms with Crippen LogP contribution in [0.5, 0.6) is 0 Å². The summed E-state index contributed by atoms with van der Waals surface area (Å²) in [5.41, 5.74) is 2.99. The van der Waals surface area contributed by atoms with Crippen molar-refractivity contribution in [1.82, 2.24) is 0 Å². The molecule has 3 heteroatoms. The number of aryl methyl sites for hydroxylation is 1. The third kappa shape index (κ3) is 1.62. The Labute approximate surface area is 82.4 Å². The molecule has 1 aliphatic rings. The molecular formula is C11H12FNO. The van der Waals surface area contributed by atoms with E-state index < -0.39 is 0 Å². The van der Waals surface area contributed by atoms with Crippen LogP contribution < -0.4 is 0 Å². The first-order chi connectivity index (χ1) is 6.81. The number of halogens is 1. The molecule has 0 heterocycles. The number of rotatable bonds is 1. The van der Waals surface area contributed by atoms with E-state index in [-0.39, 0.29) is 5.82 Å². The molecule has 2 rings (SSSR count). The Hall–Kier alpha value is -1.38. The van der Waals surface area contributed by atoms with Crippen LogP contribution in [0, 0.1) is 5.82 Å². The number of nitrogens with zero attached hydrogens (tertiary/aromatic N) is 1. The van der Waals surface area contributed by atoms with Gasteiger partial charge in [-0.15, -0.1) is 0 Å². The van der Waals surface area contributed by atoms with E-state index in [1.165, 1.54) is 13.2 Å². The smallest absolute Gasteiger partial charge is 0.123 e. The van der Waals surface area contributed by atoms with Crippen LogP contribution in [0.25, 0.3) is 0 Å². The minimum absolute atomic E-state index is 0.178. The zero-order valence-corrected chi connectivity index (χ0v) is 8.09. The number of fused-ring (bicyclic) bond motifs is 1. The average molecular weight is 193 g/mol. The van der Waals surface area contributed by atoms with Crippen LogP contribution >= 0.6 is 0 Å². The van der Waals surface area contributed by atoms with Crippen molar-refractivity contribution in [3.8, 4) is 0 Å². The highest BCUT2D eigenvalue weighted by molar-refractivity contribution is 6.02. The second-order valence-corrected chi connectivity index (χ2v) is 3.38. The van der Waals surface area contributed by atoms with Crippen molar-refractivity contribution in [3.05, 3.63) is 35.1 Å². The maximum atomic E-state index is 12.9. The molecule has 0 atom stereocenters. The lowest BCUT2D eigenvalue weighted by atomic mass is 9.90. The van der Waals surface area contributed by atoms with Crippen molar-refractivity contribution in [2.24, 2.45) is 5.16 Å². The molecule has 0 spiro atoms. The number of oxime groups is 1. The van der Waals surface area contributed by atoms with Gasteiger partial charge in [0, 0.05) is 5.56 Å². The molecule has 14 heavy (non-hydrogen) atoms. The maximum Gasteiger partial charge on any atom is 0.123 e. The molecule has 0 fully saturated rings. The first-order valence-electron chi connectivity index (χ1n) is 4.70. The van der Waals surface area contributed by atoms with Crippen LogP contribution in [0.15, 0.2) is 23.4 Å². The molecular weight excluding hydrogens is 181 g/mol. The summed E-state index contributed by atoms with van der Waals surface area (Å²) < 4.78 is 12.9. The summed E-state index contributed by atoms with van der Waals surface area (Å²) in [6.07, 6.45) is 2.85. The zero-order valence-electron chi connectivity index (χ0n) is 8.09. The van der Waals surface area contributed by atoms with Crippen LogP contribution in [0.4, 0.5) is 4.39 Å². The van der Waals surface area contributed by atoms with Crippen molar-refractivity contribution in [3.63, 3.8) is 0 Å². The van der Waals surface area contributed by atoms with Crippen molar-refractivity contribution < 1.29 is 9.23 Å². The van der Waals surface area contributed by atoms with Gasteiger partial charge < -0.3 is 4.84 Å². The van der Waals surface area contributed by atoms with E-state index in [4.69, 9.17) is 4.84 Å². The van der Waals surface area contributed by atoms with Gasteiger partial charge in [-0.1, -0.05) is 5.16 Å². The van der Waals surface area contributed by atoms with E-state index in [0.29, 0.717) is 0 Å². The molecule has 0 aliphatic heterocycles. The van der Waals surface area contributed by atoms with Gasteiger partial charge in [-0.2, -0.15) is 0 Å². The van der Waals surface area contributed by atoms with Gasteiger partial charge in [0.1, 0.15) is 12.9 Å². The van der Waals surface area contributed by atoms with E-state index in [1.807, 2.05) is 0 Å². The fourth-order valence-electron chi connectivity index (χ4n) is 1.84. The minimum atomic E-state index is -0.178. The predicted molar refractivity (Wildman–Crippen MR) is 52.9 cm³/mol. The van der Waals surface area contributed by atoms with Gasteiger partial charge in [-0.05, 0) is 43.0 Å². The van der Waals surface area contributed by atoms with Gasteiger partial charge in [0.05, 0.1) is 5.71 Å². The highest BCUT2D eigenvalue weighted by atomic mass is 19.1. The summed E-state index contributed by atoms with van der Waals surface area (Å²) in [6.45, 7) is 0. The molecule has 0 amide bonds. The second-order valence-electron chi connectivity index (χ2n) is 3.38. The minimum Gasteiger partial charge on any atom is -0.399 e. The van der Waals surface area contributed by atoms with Gasteiger partial charge in [-0.3, -0.25) is 0 Å². The molecule has 0 aromatic heterocycles. The number of hydrogen-bond donors (Lipinski definition) is 0. The maximum absolute atomic E-state index is 12.9. The molecule has 1 aromatic rings. The van der Waals surface area contributed by atoms with Crippen LogP contribution in [-0.2, 0) is 11.3 Å².